The highest BCUT2D eigenvalue weighted by Gasteiger charge is 2.31. The quantitative estimate of drug-likeness (QED) is 0.290. The Labute approximate surface area is 252 Å². The molecule has 1 unspecified atom stereocenters. The standard InChI is InChI=1S/C32H40ClN5O2S/c33-26-12-10-24(11-13-26)22-29(36-31(39)28-8-3-4-15-35-28)32(40)38-19-17-37(18-20-38)30-9-2-1-6-25(30)23-34-16-14-27-7-5-21-41-27/h1-2,5-7,9-13,21,28-29,34-35H,3-4,8,14-20,22-23H2,(H,36,39)/t28?,29-/m1/s1. The molecule has 0 saturated carbocycles. The van der Waals surface area contributed by atoms with Crippen LogP contribution in [0.25, 0.3) is 0 Å². The van der Waals surface area contributed by atoms with Gasteiger partial charge in [0.2, 0.25) is 11.8 Å². The lowest BCUT2D eigenvalue weighted by molar-refractivity contribution is -0.137. The van der Waals surface area contributed by atoms with Gasteiger partial charge >= 0.3 is 0 Å². The van der Waals surface area contributed by atoms with E-state index in [1.165, 1.54) is 16.1 Å². The van der Waals surface area contributed by atoms with Crippen molar-refractivity contribution in [1.82, 2.24) is 20.9 Å². The number of para-hydroxylation sites is 1. The zero-order valence-electron chi connectivity index (χ0n) is 23.5. The van der Waals surface area contributed by atoms with Crippen LogP contribution >= 0.6 is 22.9 Å². The van der Waals surface area contributed by atoms with Gasteiger partial charge in [0.25, 0.3) is 0 Å². The lowest BCUT2D eigenvalue weighted by Crippen LogP contribution is -2.58. The first-order chi connectivity index (χ1) is 20.1. The maximum absolute atomic E-state index is 13.8. The van der Waals surface area contributed by atoms with Gasteiger partial charge in [-0.2, -0.15) is 0 Å². The molecule has 3 heterocycles. The molecular weight excluding hydrogens is 554 g/mol. The Bertz CT molecular complexity index is 1260. The maximum Gasteiger partial charge on any atom is 0.245 e. The van der Waals surface area contributed by atoms with Crippen LogP contribution in [0.3, 0.4) is 0 Å². The number of rotatable bonds is 11. The molecule has 2 aliphatic heterocycles. The number of nitrogens with one attached hydrogen (secondary N) is 3. The molecule has 1 aromatic heterocycles. The van der Waals surface area contributed by atoms with E-state index in [4.69, 9.17) is 11.6 Å². The number of amides is 2. The second-order valence-electron chi connectivity index (χ2n) is 10.8. The first-order valence-corrected chi connectivity index (χ1v) is 16.0. The number of piperidine rings is 1. The van der Waals surface area contributed by atoms with Gasteiger partial charge in [0, 0.05) is 61.3 Å². The summed E-state index contributed by atoms with van der Waals surface area (Å²) in [5.41, 5.74) is 3.47. The monoisotopic (exact) mass is 593 g/mol. The second kappa shape index (κ2) is 14.8. The van der Waals surface area contributed by atoms with Crippen LogP contribution in [0.4, 0.5) is 5.69 Å². The Kier molecular flexibility index (Phi) is 10.7. The van der Waals surface area contributed by atoms with E-state index in [2.05, 4.69) is 62.6 Å². The zero-order valence-corrected chi connectivity index (χ0v) is 25.1. The fraction of sp³-hybridized carbons (Fsp3) is 0.438. The number of carbonyl (C=O) groups excluding carboxylic acids is 2. The number of piperazine rings is 1. The minimum atomic E-state index is -0.612. The highest BCUT2D eigenvalue weighted by Crippen LogP contribution is 2.23. The van der Waals surface area contributed by atoms with Gasteiger partial charge in [0.05, 0.1) is 6.04 Å². The number of carbonyl (C=O) groups is 2. The van der Waals surface area contributed by atoms with Gasteiger partial charge < -0.3 is 25.8 Å². The van der Waals surface area contributed by atoms with E-state index in [-0.39, 0.29) is 17.9 Å². The Morgan fingerprint density at radius 1 is 1.00 bits per heavy atom. The van der Waals surface area contributed by atoms with Crippen molar-refractivity contribution in [3.05, 3.63) is 87.1 Å². The van der Waals surface area contributed by atoms with Crippen LogP contribution in [0.15, 0.2) is 66.0 Å². The summed E-state index contributed by atoms with van der Waals surface area (Å²) in [7, 11) is 0. The maximum atomic E-state index is 13.8. The van der Waals surface area contributed by atoms with Crippen molar-refractivity contribution in [2.24, 2.45) is 0 Å². The molecule has 218 valence electrons. The second-order valence-corrected chi connectivity index (χ2v) is 12.3. The van der Waals surface area contributed by atoms with Crippen molar-refractivity contribution >= 4 is 40.4 Å². The van der Waals surface area contributed by atoms with Crippen LogP contribution in [0.1, 0.15) is 35.3 Å². The van der Waals surface area contributed by atoms with Crippen LogP contribution in [0.2, 0.25) is 5.02 Å². The van der Waals surface area contributed by atoms with Crippen LogP contribution in [0, 0.1) is 0 Å². The number of thiophene rings is 1. The average molecular weight is 594 g/mol. The fourth-order valence-electron chi connectivity index (χ4n) is 5.65. The molecule has 2 aliphatic rings. The van der Waals surface area contributed by atoms with Crippen molar-refractivity contribution in [1.29, 1.82) is 0 Å². The first-order valence-electron chi connectivity index (χ1n) is 14.7. The van der Waals surface area contributed by atoms with Crippen LogP contribution in [0.5, 0.6) is 0 Å². The van der Waals surface area contributed by atoms with E-state index in [0.29, 0.717) is 24.5 Å². The van der Waals surface area contributed by atoms with Gasteiger partial charge in [0.15, 0.2) is 0 Å². The summed E-state index contributed by atoms with van der Waals surface area (Å²) in [5, 5.41) is 12.8. The molecule has 0 bridgehead atoms. The van der Waals surface area contributed by atoms with Gasteiger partial charge in [-0.1, -0.05) is 54.4 Å². The Morgan fingerprint density at radius 3 is 2.54 bits per heavy atom. The molecule has 2 saturated heterocycles. The molecule has 2 aromatic carbocycles. The lowest BCUT2D eigenvalue weighted by atomic mass is 10.0. The SMILES string of the molecule is O=C(N[C@H](Cc1ccc(Cl)cc1)C(=O)N1CCN(c2ccccc2CNCCc2cccs2)CC1)C1CCCCN1. The van der Waals surface area contributed by atoms with Crippen molar-refractivity contribution in [2.75, 3.05) is 44.2 Å². The largest absolute Gasteiger partial charge is 0.368 e. The lowest BCUT2D eigenvalue weighted by Gasteiger charge is -2.38. The first kappa shape index (κ1) is 29.6. The van der Waals surface area contributed by atoms with Crippen molar-refractivity contribution in [3.8, 4) is 0 Å². The van der Waals surface area contributed by atoms with Gasteiger partial charge in [0.1, 0.15) is 6.04 Å². The Morgan fingerprint density at radius 2 is 1.80 bits per heavy atom. The van der Waals surface area contributed by atoms with Crippen LogP contribution in [-0.4, -0.2) is 68.1 Å². The molecule has 41 heavy (non-hydrogen) atoms. The minimum absolute atomic E-state index is 0.0210. The van der Waals surface area contributed by atoms with Gasteiger partial charge in [-0.05, 0) is 66.6 Å². The highest BCUT2D eigenvalue weighted by atomic mass is 35.5. The number of anilines is 1. The van der Waals surface area contributed by atoms with E-state index < -0.39 is 6.04 Å². The number of nitrogens with zero attached hydrogens (tertiary/aromatic N) is 2. The molecule has 0 radical (unpaired) electrons. The summed E-state index contributed by atoms with van der Waals surface area (Å²) >= 11 is 7.89. The molecule has 0 aliphatic carbocycles. The Balaban J connectivity index is 1.19. The smallest absolute Gasteiger partial charge is 0.245 e. The summed E-state index contributed by atoms with van der Waals surface area (Å²) in [6.45, 7) is 5.33. The van der Waals surface area contributed by atoms with E-state index in [1.54, 1.807) is 11.3 Å². The summed E-state index contributed by atoms with van der Waals surface area (Å²) in [4.78, 5) is 32.6. The molecule has 3 aromatic rings. The van der Waals surface area contributed by atoms with E-state index in [1.807, 2.05) is 29.2 Å². The van der Waals surface area contributed by atoms with E-state index in [0.717, 1.165) is 64.0 Å². The third-order valence-corrected chi connectivity index (χ3v) is 9.15. The molecule has 3 N–H and O–H groups in total. The minimum Gasteiger partial charge on any atom is -0.368 e. The molecule has 0 spiro atoms. The predicted octanol–water partition coefficient (Wildman–Crippen LogP) is 4.25. The van der Waals surface area contributed by atoms with E-state index in [9.17, 15) is 9.59 Å². The molecule has 2 fully saturated rings. The number of hydrogen-bond donors (Lipinski definition) is 3. The summed E-state index contributed by atoms with van der Waals surface area (Å²) in [5.74, 6) is -0.108. The third kappa shape index (κ3) is 8.32. The summed E-state index contributed by atoms with van der Waals surface area (Å²) in [6, 6.07) is 19.5. The van der Waals surface area contributed by atoms with Crippen molar-refractivity contribution in [2.45, 2.75) is 50.7 Å². The van der Waals surface area contributed by atoms with Gasteiger partial charge in [-0.25, -0.2) is 0 Å². The number of halogens is 1. The van der Waals surface area contributed by atoms with Gasteiger partial charge in [-0.3, -0.25) is 9.59 Å². The molecule has 5 rings (SSSR count). The molecule has 2 atom stereocenters. The topological polar surface area (TPSA) is 76.7 Å². The molecule has 7 nitrogen and oxygen atoms in total. The zero-order chi connectivity index (χ0) is 28.4. The number of benzene rings is 2. The summed E-state index contributed by atoms with van der Waals surface area (Å²) < 4.78 is 0. The normalized spacial score (nSPS) is 18.2. The predicted molar refractivity (Wildman–Crippen MR) is 168 cm³/mol. The van der Waals surface area contributed by atoms with Crippen molar-refractivity contribution in [3.63, 3.8) is 0 Å². The average Bonchev–Trinajstić information content (AvgIpc) is 3.54. The number of hydrogen-bond acceptors (Lipinski definition) is 6. The van der Waals surface area contributed by atoms with Crippen LogP contribution < -0.4 is 20.9 Å². The van der Waals surface area contributed by atoms with E-state index >= 15 is 0 Å². The third-order valence-electron chi connectivity index (χ3n) is 7.96. The molecular formula is C32H40ClN5O2S. The van der Waals surface area contributed by atoms with Gasteiger partial charge in [-0.15, -0.1) is 11.3 Å². The molecule has 2 amide bonds. The Hall–Kier alpha value is -2.91. The van der Waals surface area contributed by atoms with Crippen molar-refractivity contribution < 1.29 is 9.59 Å². The molecule has 9 heteroatoms. The summed E-state index contributed by atoms with van der Waals surface area (Å²) in [6.07, 6.45) is 4.37. The highest BCUT2D eigenvalue weighted by molar-refractivity contribution is 7.09. The van der Waals surface area contributed by atoms with Crippen LogP contribution in [-0.2, 0) is 29.0 Å². The fourth-order valence-corrected chi connectivity index (χ4v) is 6.49.